The number of halogens is 2. The minimum atomic E-state index is -0.684. The predicted molar refractivity (Wildman–Crippen MR) is 142 cm³/mol. The van der Waals surface area contributed by atoms with Gasteiger partial charge in [-0.25, -0.2) is 4.79 Å². The molecule has 0 spiro atoms. The van der Waals surface area contributed by atoms with Gasteiger partial charge in [-0.15, -0.1) is 0 Å². The summed E-state index contributed by atoms with van der Waals surface area (Å²) in [6.07, 6.45) is 2.52. The smallest absolute Gasteiger partial charge is 0.493 e. The van der Waals surface area contributed by atoms with E-state index in [4.69, 9.17) is 31.2 Å². The second kappa shape index (κ2) is 13.5. The number of nitrogens with two attached hydrogens (primary N) is 1. The second-order valence-corrected chi connectivity index (χ2v) is 15.3. The van der Waals surface area contributed by atoms with Crippen LogP contribution in [0.3, 0.4) is 0 Å². The van der Waals surface area contributed by atoms with Gasteiger partial charge in [0, 0.05) is 11.5 Å². The van der Waals surface area contributed by atoms with Crippen LogP contribution in [0.4, 0.5) is 0 Å². The Balaban J connectivity index is 1.63. The molecule has 1 unspecified atom stereocenters. The van der Waals surface area contributed by atoms with Crippen molar-refractivity contribution in [2.24, 2.45) is 11.1 Å². The molecule has 2 aromatic rings. The average molecular weight is 639 g/mol. The molecule has 6 nitrogen and oxygen atoms in total. The maximum atomic E-state index is 12.6. The van der Waals surface area contributed by atoms with Crippen molar-refractivity contribution in [2.45, 2.75) is 63.3 Å². The van der Waals surface area contributed by atoms with Gasteiger partial charge in [0.1, 0.15) is 16.4 Å². The number of alkyl halides is 2. The minimum Gasteiger partial charge on any atom is -0.493 e. The second-order valence-electron chi connectivity index (χ2n) is 9.73. The van der Waals surface area contributed by atoms with Gasteiger partial charge in [0.15, 0.2) is 0 Å². The number of rotatable bonds is 14. The molecule has 1 aromatic heterocycles. The predicted octanol–water partition coefficient (Wildman–Crippen LogP) is 2.43. The summed E-state index contributed by atoms with van der Waals surface area (Å²) in [6.45, 7) is 11.0. The van der Waals surface area contributed by atoms with Crippen molar-refractivity contribution in [3.63, 3.8) is 0 Å². The third-order valence-electron chi connectivity index (χ3n) is 6.11. The van der Waals surface area contributed by atoms with Crippen LogP contribution in [0.2, 0.25) is 5.02 Å². The van der Waals surface area contributed by atoms with Crippen LogP contribution < -0.4 is 37.3 Å². The number of carbonyl (C=O) groups is 1. The zero-order chi connectivity index (χ0) is 26.2. The van der Waals surface area contributed by atoms with E-state index in [9.17, 15) is 9.59 Å². The van der Waals surface area contributed by atoms with Crippen molar-refractivity contribution >= 4 is 40.3 Å². The van der Waals surface area contributed by atoms with Gasteiger partial charge in [-0.3, -0.25) is 0 Å². The average Bonchev–Trinajstić information content (AvgIpc) is 2.80. The maximum absolute atomic E-state index is 12.6. The van der Waals surface area contributed by atoms with Gasteiger partial charge in [-0.2, -0.15) is 0 Å². The molecule has 0 fully saturated rings. The Bertz CT molecular complexity index is 1060. The molecule has 198 valence electrons. The van der Waals surface area contributed by atoms with E-state index in [0.717, 1.165) is 36.2 Å². The Morgan fingerprint density at radius 1 is 1.20 bits per heavy atom. The van der Waals surface area contributed by atoms with E-state index < -0.39 is 11.0 Å². The number of hydrogen-bond acceptors (Lipinski definition) is 7. The molecule has 0 bridgehead atoms. The Morgan fingerprint density at radius 2 is 1.86 bits per heavy atom. The van der Waals surface area contributed by atoms with E-state index in [1.807, 2.05) is 26.0 Å². The summed E-state index contributed by atoms with van der Waals surface area (Å²) in [7, 11) is 0. The summed E-state index contributed by atoms with van der Waals surface area (Å²) in [6, 6.07) is 5.22. The van der Waals surface area contributed by atoms with E-state index in [2.05, 4.69) is 18.8 Å². The molecule has 35 heavy (non-hydrogen) atoms. The van der Waals surface area contributed by atoms with E-state index in [-0.39, 0.29) is 41.7 Å². The van der Waals surface area contributed by atoms with Crippen LogP contribution in [-0.4, -0.2) is 45.1 Å². The minimum absolute atomic E-state index is 0.0471. The van der Waals surface area contributed by atoms with Gasteiger partial charge in [0.2, 0.25) is 0 Å². The third kappa shape index (κ3) is 8.83. The van der Waals surface area contributed by atoms with E-state index in [1.165, 1.54) is 0 Å². The van der Waals surface area contributed by atoms with Crippen molar-refractivity contribution in [1.82, 2.24) is 0 Å². The molecule has 0 saturated heterocycles. The van der Waals surface area contributed by atoms with Gasteiger partial charge in [-0.05, 0) is 24.6 Å². The molecule has 0 aliphatic carbocycles. The molecular formula is C26H38ClINO5S-. The van der Waals surface area contributed by atoms with Crippen LogP contribution in [0.5, 0.6) is 5.75 Å². The summed E-state index contributed by atoms with van der Waals surface area (Å²) in [5.74, 6) is 2.30. The molecule has 0 aliphatic rings. The van der Waals surface area contributed by atoms with E-state index in [1.54, 1.807) is 24.8 Å². The van der Waals surface area contributed by atoms with Crippen LogP contribution in [-0.2, 0) is 9.53 Å². The fourth-order valence-electron chi connectivity index (χ4n) is 3.37. The van der Waals surface area contributed by atoms with Crippen molar-refractivity contribution in [3.05, 3.63) is 39.2 Å². The first kappa shape index (κ1) is 30.3. The molecular weight excluding hydrogens is 601 g/mol. The summed E-state index contributed by atoms with van der Waals surface area (Å²) in [4.78, 5) is 26.6. The number of esters is 1. The van der Waals surface area contributed by atoms with Gasteiger partial charge in [0.05, 0.1) is 6.61 Å². The Morgan fingerprint density at radius 3 is 2.51 bits per heavy atom. The molecule has 0 aliphatic heterocycles. The molecule has 0 saturated carbocycles. The number of aryl methyl sites for hydroxylation is 1. The monoisotopic (exact) mass is 638 g/mol. The molecule has 0 radical (unpaired) electrons. The van der Waals surface area contributed by atoms with Crippen molar-refractivity contribution in [2.75, 3.05) is 29.6 Å². The number of benzene rings is 1. The number of fused-ring (bicyclic) bond motifs is 1. The summed E-state index contributed by atoms with van der Waals surface area (Å²) >= 11 is 7.82. The van der Waals surface area contributed by atoms with Crippen LogP contribution in [0.25, 0.3) is 11.0 Å². The first-order valence-corrected chi connectivity index (χ1v) is 16.5. The number of hydrogen-bond donors (Lipinski definition) is 1. The Hall–Kier alpha value is -0.970. The standard InChI is InChI=1S/C26H38ClINO5S/c1-17-19-10-9-18(15-20(19)34-23(30)22(17)27)32-11-7-13-35-14-8-12-33-24(31)26(4,5)21(29)16-25(2,3)28-6/h9-10,15,21H,7-8,11-14,16,29H2,1-6H3/q-1. The van der Waals surface area contributed by atoms with Gasteiger partial charge >= 0.3 is 145 Å². The number of thioether (sulfide) groups is 1. The van der Waals surface area contributed by atoms with E-state index >= 15 is 0 Å². The zero-order valence-electron chi connectivity index (χ0n) is 21.5. The van der Waals surface area contributed by atoms with Crippen LogP contribution in [0.15, 0.2) is 27.4 Å². The molecule has 1 heterocycles. The third-order valence-corrected chi connectivity index (χ3v) is 11.1. The van der Waals surface area contributed by atoms with Gasteiger partial charge in [-0.1, -0.05) is 11.6 Å². The fraction of sp³-hybridized carbons (Fsp3) is 0.615. The van der Waals surface area contributed by atoms with Crippen molar-refractivity contribution in [1.29, 1.82) is 0 Å². The van der Waals surface area contributed by atoms with E-state index in [0.29, 0.717) is 30.1 Å². The number of ether oxygens (including phenoxy) is 2. The Labute approximate surface area is 228 Å². The topological polar surface area (TPSA) is 91.8 Å². The summed E-state index contributed by atoms with van der Waals surface area (Å²) in [5, 5.41) is 0.914. The van der Waals surface area contributed by atoms with Gasteiger partial charge in [0.25, 0.3) is 0 Å². The first-order valence-electron chi connectivity index (χ1n) is 11.8. The van der Waals surface area contributed by atoms with Crippen molar-refractivity contribution < 1.29 is 39.9 Å². The van der Waals surface area contributed by atoms with Gasteiger partial charge < -0.3 is 9.15 Å². The summed E-state index contributed by atoms with van der Waals surface area (Å²) in [5.41, 5.74) is 6.33. The van der Waals surface area contributed by atoms with Crippen LogP contribution >= 0.6 is 23.4 Å². The molecule has 1 atom stereocenters. The molecule has 2 rings (SSSR count). The number of carbonyl (C=O) groups excluding carboxylic acids is 1. The Kier molecular flexibility index (Phi) is 11.7. The fourth-order valence-corrected chi connectivity index (χ4v) is 5.28. The quantitative estimate of drug-likeness (QED) is 0.112. The SMILES string of the molecule is C[I-]C(C)(C)CC(N)C(C)(C)C(=O)OCCCSCCCOc1ccc2c(C)c(Cl)c(=O)oc2c1. The molecule has 0 amide bonds. The van der Waals surface area contributed by atoms with Crippen LogP contribution in [0, 0.1) is 12.3 Å². The normalized spacial score (nSPS) is 13.3. The van der Waals surface area contributed by atoms with Crippen LogP contribution in [0.1, 0.15) is 52.5 Å². The molecule has 9 heteroatoms. The summed E-state index contributed by atoms with van der Waals surface area (Å²) < 4.78 is 16.8. The molecule has 1 aromatic carbocycles. The zero-order valence-corrected chi connectivity index (χ0v) is 25.3. The van der Waals surface area contributed by atoms with Crippen molar-refractivity contribution in [3.8, 4) is 5.75 Å². The molecule has 2 N–H and O–H groups in total. The first-order chi connectivity index (χ1) is 16.4.